The van der Waals surface area contributed by atoms with Gasteiger partial charge in [-0.3, -0.25) is 0 Å². The molecule has 1 fully saturated rings. The first-order valence-electron chi connectivity index (χ1n) is 6.44. The lowest BCUT2D eigenvalue weighted by molar-refractivity contribution is 0.135. The van der Waals surface area contributed by atoms with Gasteiger partial charge < -0.3 is 10.1 Å². The molecule has 1 aliphatic carbocycles. The Labute approximate surface area is 108 Å². The van der Waals surface area contributed by atoms with E-state index in [4.69, 9.17) is 16.3 Å². The molecule has 1 aliphatic rings. The summed E-state index contributed by atoms with van der Waals surface area (Å²) in [5.41, 5.74) is 0. The summed E-state index contributed by atoms with van der Waals surface area (Å²) in [6.45, 7) is 3.18. The molecule has 94 valence electrons. The van der Waals surface area contributed by atoms with Gasteiger partial charge in [0.1, 0.15) is 11.9 Å². The van der Waals surface area contributed by atoms with Crippen LogP contribution in [-0.2, 0) is 0 Å². The maximum Gasteiger partial charge on any atom is 0.138 e. The van der Waals surface area contributed by atoms with Crippen molar-refractivity contribution in [3.8, 4) is 5.75 Å². The lowest BCUT2D eigenvalue weighted by atomic mass is 9.93. The first-order valence-corrected chi connectivity index (χ1v) is 6.82. The second kappa shape index (κ2) is 6.27. The van der Waals surface area contributed by atoms with Gasteiger partial charge in [-0.2, -0.15) is 0 Å². The Hall–Kier alpha value is -0.730. The Morgan fingerprint density at radius 2 is 2.18 bits per heavy atom. The molecule has 0 amide bonds. The van der Waals surface area contributed by atoms with E-state index in [1.165, 1.54) is 12.8 Å². The summed E-state index contributed by atoms with van der Waals surface area (Å²) >= 11 is 6.10. The highest BCUT2D eigenvalue weighted by molar-refractivity contribution is 6.32. The van der Waals surface area contributed by atoms with Gasteiger partial charge >= 0.3 is 0 Å². The standard InChI is InChI=1S/C14H20ClNO/c1-2-16-11-6-5-7-12(10-11)17-14-9-4-3-8-13(14)15/h3-4,8-9,11-12,16H,2,5-7,10H2,1H3. The summed E-state index contributed by atoms with van der Waals surface area (Å²) in [5, 5.41) is 4.21. The van der Waals surface area contributed by atoms with Gasteiger partial charge in [0, 0.05) is 6.04 Å². The van der Waals surface area contributed by atoms with Crippen molar-refractivity contribution in [2.45, 2.75) is 44.8 Å². The molecule has 2 nitrogen and oxygen atoms in total. The third kappa shape index (κ3) is 3.62. The molecule has 0 spiro atoms. The van der Waals surface area contributed by atoms with E-state index in [-0.39, 0.29) is 0 Å². The van der Waals surface area contributed by atoms with Crippen molar-refractivity contribution >= 4 is 11.6 Å². The molecule has 0 aliphatic heterocycles. The van der Waals surface area contributed by atoms with E-state index < -0.39 is 0 Å². The van der Waals surface area contributed by atoms with Crippen molar-refractivity contribution in [1.29, 1.82) is 0 Å². The van der Waals surface area contributed by atoms with E-state index in [0.29, 0.717) is 17.2 Å². The molecule has 0 radical (unpaired) electrons. The number of nitrogens with one attached hydrogen (secondary N) is 1. The van der Waals surface area contributed by atoms with Gasteiger partial charge in [0.15, 0.2) is 0 Å². The van der Waals surface area contributed by atoms with Crippen LogP contribution in [0.3, 0.4) is 0 Å². The Balaban J connectivity index is 1.92. The van der Waals surface area contributed by atoms with Gasteiger partial charge in [0.05, 0.1) is 5.02 Å². The van der Waals surface area contributed by atoms with Crippen molar-refractivity contribution in [2.75, 3.05) is 6.54 Å². The maximum atomic E-state index is 6.10. The molecule has 17 heavy (non-hydrogen) atoms. The second-order valence-corrected chi connectivity index (χ2v) is 5.00. The number of rotatable bonds is 4. The average Bonchev–Trinajstić information content (AvgIpc) is 2.33. The molecule has 1 aromatic carbocycles. The highest BCUT2D eigenvalue weighted by atomic mass is 35.5. The monoisotopic (exact) mass is 253 g/mol. The van der Waals surface area contributed by atoms with Crippen molar-refractivity contribution < 1.29 is 4.74 Å². The molecule has 3 heteroatoms. The van der Waals surface area contributed by atoms with E-state index >= 15 is 0 Å². The zero-order chi connectivity index (χ0) is 12.1. The number of ether oxygens (including phenoxy) is 1. The lowest BCUT2D eigenvalue weighted by Gasteiger charge is -2.30. The van der Waals surface area contributed by atoms with Crippen LogP contribution in [0.15, 0.2) is 24.3 Å². The highest BCUT2D eigenvalue weighted by Crippen LogP contribution is 2.28. The molecule has 0 heterocycles. The normalized spacial score (nSPS) is 24.6. The fourth-order valence-electron chi connectivity index (χ4n) is 2.45. The average molecular weight is 254 g/mol. The van der Waals surface area contributed by atoms with Gasteiger partial charge in [-0.05, 0) is 44.4 Å². The molecule has 2 unspecified atom stereocenters. The van der Waals surface area contributed by atoms with Crippen LogP contribution in [0.2, 0.25) is 5.02 Å². The number of hydrogen-bond donors (Lipinski definition) is 1. The topological polar surface area (TPSA) is 21.3 Å². The number of hydrogen-bond acceptors (Lipinski definition) is 2. The summed E-state index contributed by atoms with van der Waals surface area (Å²) < 4.78 is 5.99. The van der Waals surface area contributed by atoms with E-state index in [9.17, 15) is 0 Å². The van der Waals surface area contributed by atoms with E-state index in [1.54, 1.807) is 0 Å². The lowest BCUT2D eigenvalue weighted by Crippen LogP contribution is -2.37. The van der Waals surface area contributed by atoms with Crippen molar-refractivity contribution in [3.63, 3.8) is 0 Å². The van der Waals surface area contributed by atoms with E-state index in [0.717, 1.165) is 25.1 Å². The fraction of sp³-hybridized carbons (Fsp3) is 0.571. The maximum absolute atomic E-state index is 6.10. The van der Waals surface area contributed by atoms with Gasteiger partial charge in [-0.15, -0.1) is 0 Å². The van der Waals surface area contributed by atoms with Crippen LogP contribution < -0.4 is 10.1 Å². The Bertz CT molecular complexity index is 354. The predicted molar refractivity (Wildman–Crippen MR) is 71.8 cm³/mol. The zero-order valence-electron chi connectivity index (χ0n) is 10.3. The minimum Gasteiger partial charge on any atom is -0.489 e. The molecule has 2 atom stereocenters. The van der Waals surface area contributed by atoms with Crippen molar-refractivity contribution in [2.24, 2.45) is 0 Å². The molecular formula is C14H20ClNO. The third-order valence-corrected chi connectivity index (χ3v) is 3.56. The van der Waals surface area contributed by atoms with Crippen LogP contribution in [-0.4, -0.2) is 18.7 Å². The highest BCUT2D eigenvalue weighted by Gasteiger charge is 2.22. The summed E-state index contributed by atoms with van der Waals surface area (Å²) in [7, 11) is 0. The van der Waals surface area contributed by atoms with Crippen molar-refractivity contribution in [1.82, 2.24) is 5.32 Å². The Kier molecular flexibility index (Phi) is 4.69. The van der Waals surface area contributed by atoms with Crippen LogP contribution in [0.4, 0.5) is 0 Å². The van der Waals surface area contributed by atoms with Gasteiger partial charge in [-0.1, -0.05) is 30.7 Å². The molecule has 0 saturated heterocycles. The summed E-state index contributed by atoms with van der Waals surface area (Å²) in [6.07, 6.45) is 5.00. The first kappa shape index (κ1) is 12.7. The van der Waals surface area contributed by atoms with Crippen LogP contribution >= 0.6 is 11.6 Å². The number of para-hydroxylation sites is 1. The number of halogens is 1. The third-order valence-electron chi connectivity index (χ3n) is 3.25. The van der Waals surface area contributed by atoms with E-state index in [2.05, 4.69) is 12.2 Å². The molecule has 1 aromatic rings. The molecular weight excluding hydrogens is 234 g/mol. The quantitative estimate of drug-likeness (QED) is 0.885. The smallest absolute Gasteiger partial charge is 0.138 e. The van der Waals surface area contributed by atoms with Gasteiger partial charge in [-0.25, -0.2) is 0 Å². The molecule has 0 aromatic heterocycles. The van der Waals surface area contributed by atoms with Crippen LogP contribution in [0, 0.1) is 0 Å². The van der Waals surface area contributed by atoms with Crippen LogP contribution in [0.25, 0.3) is 0 Å². The summed E-state index contributed by atoms with van der Waals surface area (Å²) in [4.78, 5) is 0. The molecule has 1 N–H and O–H groups in total. The SMILES string of the molecule is CCNC1CCCC(Oc2ccccc2Cl)C1. The molecule has 0 bridgehead atoms. The van der Waals surface area contributed by atoms with E-state index in [1.807, 2.05) is 24.3 Å². The Morgan fingerprint density at radius 1 is 1.35 bits per heavy atom. The minimum atomic E-state index is 0.299. The fourth-order valence-corrected chi connectivity index (χ4v) is 2.63. The number of benzene rings is 1. The Morgan fingerprint density at radius 3 is 2.94 bits per heavy atom. The summed E-state index contributed by atoms with van der Waals surface area (Å²) in [5.74, 6) is 0.816. The zero-order valence-corrected chi connectivity index (χ0v) is 11.0. The van der Waals surface area contributed by atoms with Crippen LogP contribution in [0.5, 0.6) is 5.75 Å². The van der Waals surface area contributed by atoms with Gasteiger partial charge in [0.2, 0.25) is 0 Å². The molecule has 2 rings (SSSR count). The van der Waals surface area contributed by atoms with Gasteiger partial charge in [0.25, 0.3) is 0 Å². The van der Waals surface area contributed by atoms with Crippen LogP contribution in [0.1, 0.15) is 32.6 Å². The minimum absolute atomic E-state index is 0.299. The first-order chi connectivity index (χ1) is 8.29. The largest absolute Gasteiger partial charge is 0.489 e. The van der Waals surface area contributed by atoms with Crippen molar-refractivity contribution in [3.05, 3.63) is 29.3 Å². The molecule has 1 saturated carbocycles. The summed E-state index contributed by atoms with van der Waals surface area (Å²) in [6, 6.07) is 8.31. The second-order valence-electron chi connectivity index (χ2n) is 4.59. The predicted octanol–water partition coefficient (Wildman–Crippen LogP) is 3.64.